The van der Waals surface area contributed by atoms with Crippen LogP contribution in [0.2, 0.25) is 0 Å². The van der Waals surface area contributed by atoms with Gasteiger partial charge in [0.25, 0.3) is 5.91 Å². The number of carbonyl (C=O) groups is 3. The van der Waals surface area contributed by atoms with Gasteiger partial charge in [-0.3, -0.25) is 14.3 Å². The minimum atomic E-state index is -1.69. The van der Waals surface area contributed by atoms with Crippen molar-refractivity contribution < 1.29 is 23.3 Å². The first kappa shape index (κ1) is 28.7. The zero-order valence-corrected chi connectivity index (χ0v) is 23.6. The second kappa shape index (κ2) is 11.8. The molecule has 210 valence electrons. The molecule has 2 unspecified atom stereocenters. The molecule has 1 aromatic heterocycles. The number of ether oxygens (including phenoxy) is 1. The molecule has 2 aromatic carbocycles. The van der Waals surface area contributed by atoms with Gasteiger partial charge in [0.15, 0.2) is 22.5 Å². The van der Waals surface area contributed by atoms with E-state index >= 15 is 0 Å². The fourth-order valence-electron chi connectivity index (χ4n) is 4.27. The number of nitrogens with two attached hydrogens (primary N) is 1. The van der Waals surface area contributed by atoms with Crippen molar-refractivity contribution in [3.63, 3.8) is 0 Å². The Bertz CT molecular complexity index is 1440. The molecule has 3 amide bonds. The van der Waals surface area contributed by atoms with E-state index in [4.69, 9.17) is 10.5 Å². The highest BCUT2D eigenvalue weighted by Gasteiger charge is 2.33. The van der Waals surface area contributed by atoms with Gasteiger partial charge in [-0.2, -0.15) is 0 Å². The molecule has 1 aliphatic heterocycles. The molecule has 4 N–H and O–H groups in total. The number of carbonyl (C=O) groups excluding carboxylic acids is 3. The van der Waals surface area contributed by atoms with E-state index in [9.17, 15) is 18.6 Å². The van der Waals surface area contributed by atoms with Gasteiger partial charge >= 0.3 is 6.09 Å². The van der Waals surface area contributed by atoms with Crippen molar-refractivity contribution in [1.82, 2.24) is 19.6 Å². The third kappa shape index (κ3) is 7.00. The normalized spacial score (nSPS) is 15.8. The van der Waals surface area contributed by atoms with E-state index < -0.39 is 28.4 Å². The number of likely N-dealkylation sites (tertiary alicyclic amines) is 1. The van der Waals surface area contributed by atoms with Gasteiger partial charge in [-0.1, -0.05) is 24.3 Å². The van der Waals surface area contributed by atoms with Gasteiger partial charge < -0.3 is 20.7 Å². The molecule has 4 rings (SSSR count). The van der Waals surface area contributed by atoms with Crippen LogP contribution >= 0.6 is 0 Å². The molecule has 12 heteroatoms. The number of nitrogens with zero attached hydrogens (tertiary/aromatic N) is 3. The zero-order chi connectivity index (χ0) is 29.0. The smallest absolute Gasteiger partial charge is 0.410 e. The van der Waals surface area contributed by atoms with Crippen LogP contribution in [0.25, 0.3) is 11.3 Å². The Morgan fingerprint density at radius 1 is 1.07 bits per heavy atom. The SMILES string of the molecule is CC(=O)NS(=O)c1ccc(NC(=O)c2nc(-c3ccc(C4CCCN4C(=O)OC(C)(C)C)cc3)cnc2N)cc1. The lowest BCUT2D eigenvalue weighted by atomic mass is 10.0. The van der Waals surface area contributed by atoms with Crippen molar-refractivity contribution >= 4 is 40.4 Å². The second-order valence-electron chi connectivity index (χ2n) is 10.3. The van der Waals surface area contributed by atoms with E-state index in [0.717, 1.165) is 24.0 Å². The summed E-state index contributed by atoms with van der Waals surface area (Å²) in [5, 5.41) is 2.71. The molecule has 1 saturated heterocycles. The predicted molar refractivity (Wildman–Crippen MR) is 151 cm³/mol. The highest BCUT2D eigenvalue weighted by molar-refractivity contribution is 7.83. The number of amides is 3. The van der Waals surface area contributed by atoms with Crippen LogP contribution in [0.1, 0.15) is 62.6 Å². The fourth-order valence-corrected chi connectivity index (χ4v) is 5.04. The maximum atomic E-state index is 12.9. The summed E-state index contributed by atoms with van der Waals surface area (Å²) >= 11 is 0. The summed E-state index contributed by atoms with van der Waals surface area (Å²) < 4.78 is 19.9. The average Bonchev–Trinajstić information content (AvgIpc) is 3.38. The first-order chi connectivity index (χ1) is 18.9. The lowest BCUT2D eigenvalue weighted by Gasteiger charge is -2.29. The summed E-state index contributed by atoms with van der Waals surface area (Å²) in [5.74, 6) is -1.00. The number of hydrogen-bond donors (Lipinski definition) is 3. The standard InChI is InChI=1S/C28H32N6O5S/c1-17(35)33-40(38)21-13-11-20(12-14-21)31-26(36)24-25(29)30-16-22(32-24)18-7-9-19(10-8-18)23-6-5-15-34(23)27(37)39-28(2,3)4/h7-14,16,23H,5-6,15H2,1-4H3,(H2,29,30)(H,31,36)(H,33,35). The molecular weight excluding hydrogens is 532 g/mol. The minimum Gasteiger partial charge on any atom is -0.444 e. The molecule has 2 heterocycles. The maximum Gasteiger partial charge on any atom is 0.410 e. The molecule has 40 heavy (non-hydrogen) atoms. The molecule has 1 aliphatic rings. The predicted octanol–water partition coefficient (Wildman–Crippen LogP) is 4.21. The molecule has 0 bridgehead atoms. The van der Waals surface area contributed by atoms with Crippen molar-refractivity contribution in [2.45, 2.75) is 57.1 Å². The van der Waals surface area contributed by atoms with Crippen LogP contribution in [0.5, 0.6) is 0 Å². The second-order valence-corrected chi connectivity index (χ2v) is 11.6. The van der Waals surface area contributed by atoms with Gasteiger partial charge in [0.1, 0.15) is 5.60 Å². The van der Waals surface area contributed by atoms with Crippen LogP contribution in [0.4, 0.5) is 16.3 Å². The van der Waals surface area contributed by atoms with Crippen LogP contribution in [-0.4, -0.2) is 49.1 Å². The van der Waals surface area contributed by atoms with Gasteiger partial charge in [0.2, 0.25) is 5.91 Å². The highest BCUT2D eigenvalue weighted by atomic mass is 32.2. The number of aromatic nitrogens is 2. The molecule has 0 radical (unpaired) electrons. The van der Waals surface area contributed by atoms with Crippen LogP contribution in [-0.2, 0) is 20.5 Å². The van der Waals surface area contributed by atoms with Gasteiger partial charge in [-0.25, -0.2) is 19.0 Å². The maximum absolute atomic E-state index is 12.9. The van der Waals surface area contributed by atoms with Crippen molar-refractivity contribution in [3.8, 4) is 11.3 Å². The molecule has 0 saturated carbocycles. The van der Waals surface area contributed by atoms with Gasteiger partial charge in [-0.05, 0) is 63.4 Å². The van der Waals surface area contributed by atoms with Crippen molar-refractivity contribution in [3.05, 3.63) is 66.0 Å². The largest absolute Gasteiger partial charge is 0.444 e. The number of nitrogens with one attached hydrogen (secondary N) is 2. The number of anilines is 2. The number of benzene rings is 2. The van der Waals surface area contributed by atoms with Crippen molar-refractivity contribution in [2.24, 2.45) is 0 Å². The van der Waals surface area contributed by atoms with E-state index in [2.05, 4.69) is 20.0 Å². The summed E-state index contributed by atoms with van der Waals surface area (Å²) in [4.78, 5) is 47.5. The average molecular weight is 565 g/mol. The molecule has 1 fully saturated rings. The van der Waals surface area contributed by atoms with Crippen LogP contribution in [0.15, 0.2) is 59.6 Å². The van der Waals surface area contributed by atoms with Gasteiger partial charge in [-0.15, -0.1) is 0 Å². The Kier molecular flexibility index (Phi) is 8.48. The van der Waals surface area contributed by atoms with E-state index in [1.165, 1.54) is 25.3 Å². The molecule has 0 spiro atoms. The Balaban J connectivity index is 1.47. The topological polar surface area (TPSA) is 157 Å². The van der Waals surface area contributed by atoms with Gasteiger partial charge in [0, 0.05) is 24.7 Å². The quantitative estimate of drug-likeness (QED) is 0.402. The lowest BCUT2D eigenvalue weighted by molar-refractivity contribution is -0.117. The Morgan fingerprint density at radius 2 is 1.75 bits per heavy atom. The summed E-state index contributed by atoms with van der Waals surface area (Å²) in [7, 11) is -1.69. The summed E-state index contributed by atoms with van der Waals surface area (Å²) in [6, 6.07) is 13.7. The molecular formula is C28H32N6O5S. The molecule has 0 aliphatic carbocycles. The highest BCUT2D eigenvalue weighted by Crippen LogP contribution is 2.34. The monoisotopic (exact) mass is 564 g/mol. The van der Waals surface area contributed by atoms with E-state index in [-0.39, 0.29) is 23.6 Å². The summed E-state index contributed by atoms with van der Waals surface area (Å²) in [5.41, 5.74) is 7.96. The minimum absolute atomic E-state index is 0.0276. The van der Waals surface area contributed by atoms with Crippen LogP contribution < -0.4 is 15.8 Å². The first-order valence-corrected chi connectivity index (χ1v) is 13.9. The Morgan fingerprint density at radius 3 is 2.38 bits per heavy atom. The van der Waals surface area contributed by atoms with E-state index in [1.54, 1.807) is 17.0 Å². The Hall–Kier alpha value is -4.32. The van der Waals surface area contributed by atoms with Crippen LogP contribution in [0, 0.1) is 0 Å². The van der Waals surface area contributed by atoms with E-state index in [0.29, 0.717) is 22.8 Å². The number of nitrogen functional groups attached to an aromatic ring is 1. The lowest BCUT2D eigenvalue weighted by Crippen LogP contribution is -2.36. The third-order valence-electron chi connectivity index (χ3n) is 6.05. The summed E-state index contributed by atoms with van der Waals surface area (Å²) in [6.45, 7) is 7.46. The zero-order valence-electron chi connectivity index (χ0n) is 22.8. The van der Waals surface area contributed by atoms with Crippen molar-refractivity contribution in [2.75, 3.05) is 17.6 Å². The van der Waals surface area contributed by atoms with Gasteiger partial charge in [0.05, 0.1) is 22.8 Å². The van der Waals surface area contributed by atoms with Crippen LogP contribution in [0.3, 0.4) is 0 Å². The molecule has 11 nitrogen and oxygen atoms in total. The summed E-state index contributed by atoms with van der Waals surface area (Å²) in [6.07, 6.45) is 2.91. The van der Waals surface area contributed by atoms with E-state index in [1.807, 2.05) is 45.0 Å². The number of rotatable bonds is 6. The number of hydrogen-bond acceptors (Lipinski definition) is 8. The van der Waals surface area contributed by atoms with Crippen molar-refractivity contribution in [1.29, 1.82) is 0 Å². The fraction of sp³-hybridized carbons (Fsp3) is 0.321. The third-order valence-corrected chi connectivity index (χ3v) is 7.22. The molecule has 3 aromatic rings. The Labute approximate surface area is 235 Å². The molecule has 2 atom stereocenters. The first-order valence-electron chi connectivity index (χ1n) is 12.7.